The highest BCUT2D eigenvalue weighted by Gasteiger charge is 2.15. The van der Waals surface area contributed by atoms with Gasteiger partial charge in [0.1, 0.15) is 17.1 Å². The van der Waals surface area contributed by atoms with Gasteiger partial charge in [0.05, 0.1) is 12.0 Å². The molecule has 0 aliphatic heterocycles. The third-order valence-electron chi connectivity index (χ3n) is 4.95. The third kappa shape index (κ3) is 3.99. The molecule has 0 spiro atoms. The first kappa shape index (κ1) is 20.1. The van der Waals surface area contributed by atoms with Crippen LogP contribution in [0.5, 0.6) is 5.75 Å². The van der Waals surface area contributed by atoms with Crippen LogP contribution >= 0.6 is 0 Å². The van der Waals surface area contributed by atoms with Crippen molar-refractivity contribution in [1.82, 2.24) is 0 Å². The minimum absolute atomic E-state index is 0.0176. The summed E-state index contributed by atoms with van der Waals surface area (Å²) < 4.78 is 11.2. The summed E-state index contributed by atoms with van der Waals surface area (Å²) in [6, 6.07) is 8.09. The maximum absolute atomic E-state index is 12.5. The highest BCUT2D eigenvalue weighted by Crippen LogP contribution is 2.34. The van der Waals surface area contributed by atoms with E-state index in [4.69, 9.17) is 9.15 Å². The number of benzene rings is 2. The maximum Gasteiger partial charge on any atom is 0.269 e. The van der Waals surface area contributed by atoms with E-state index in [1.165, 1.54) is 24.3 Å². The fraction of sp³-hybridized carbons (Fsp3) is 0.227. The fourth-order valence-corrected chi connectivity index (χ4v) is 3.19. The Kier molecular flexibility index (Phi) is 5.41. The monoisotopic (exact) mass is 394 g/mol. The van der Waals surface area contributed by atoms with E-state index in [1.807, 2.05) is 32.9 Å². The van der Waals surface area contributed by atoms with E-state index in [9.17, 15) is 14.9 Å². The van der Waals surface area contributed by atoms with Crippen molar-refractivity contribution < 1.29 is 18.9 Å². The average Bonchev–Trinajstić information content (AvgIpc) is 2.95. The molecule has 150 valence electrons. The second-order valence-electron chi connectivity index (χ2n) is 6.90. The van der Waals surface area contributed by atoms with Crippen molar-refractivity contribution in [1.29, 1.82) is 0 Å². The molecule has 3 aromatic rings. The number of nitro groups is 1. The summed E-state index contributed by atoms with van der Waals surface area (Å²) in [4.78, 5) is 22.9. The number of amides is 1. The summed E-state index contributed by atoms with van der Waals surface area (Å²) in [5.74, 6) is 1.12. The molecule has 1 aromatic heterocycles. The van der Waals surface area contributed by atoms with Crippen LogP contribution in [0.25, 0.3) is 16.5 Å². The summed E-state index contributed by atoms with van der Waals surface area (Å²) in [6.07, 6.45) is 1.48. The van der Waals surface area contributed by atoms with Gasteiger partial charge in [0, 0.05) is 40.9 Å². The number of non-ortho nitro benzene ring substituents is 1. The van der Waals surface area contributed by atoms with Gasteiger partial charge in [0.25, 0.3) is 5.69 Å². The number of ether oxygens (including phenoxy) is 1. The standard InChI is InChI=1S/C22H22N2O5/c1-12(9-22(25)23-19-7-6-16(24(26)27)8-13(19)2)17-10-18-14(3)15(4)29-21(18)11-20(17)28-5/h6-11H,1-5H3,(H,23,25)/b12-9+. The number of nitrogens with zero attached hydrogens (tertiary/aromatic N) is 1. The van der Waals surface area contributed by atoms with Crippen LogP contribution in [0.3, 0.4) is 0 Å². The summed E-state index contributed by atoms with van der Waals surface area (Å²) in [7, 11) is 1.57. The normalized spacial score (nSPS) is 11.6. The van der Waals surface area contributed by atoms with Crippen LogP contribution in [0, 0.1) is 30.9 Å². The topological polar surface area (TPSA) is 94.6 Å². The van der Waals surface area contributed by atoms with Gasteiger partial charge in [-0.05, 0) is 56.5 Å². The second kappa shape index (κ2) is 7.79. The highest BCUT2D eigenvalue weighted by molar-refractivity contribution is 6.05. The number of hydrogen-bond donors (Lipinski definition) is 1. The number of allylic oxidation sites excluding steroid dienone is 1. The van der Waals surface area contributed by atoms with E-state index in [-0.39, 0.29) is 11.6 Å². The second-order valence-corrected chi connectivity index (χ2v) is 6.90. The Labute approximate surface area is 168 Å². The van der Waals surface area contributed by atoms with Gasteiger partial charge in [-0.1, -0.05) is 0 Å². The molecule has 0 atom stereocenters. The van der Waals surface area contributed by atoms with Crippen LogP contribution in [-0.2, 0) is 4.79 Å². The van der Waals surface area contributed by atoms with Gasteiger partial charge in [-0.3, -0.25) is 14.9 Å². The van der Waals surface area contributed by atoms with Crippen LogP contribution in [-0.4, -0.2) is 17.9 Å². The van der Waals surface area contributed by atoms with E-state index in [0.717, 1.165) is 33.4 Å². The zero-order valence-corrected chi connectivity index (χ0v) is 17.0. The Hall–Kier alpha value is -3.61. The molecule has 7 heteroatoms. The van der Waals surface area contributed by atoms with Crippen molar-refractivity contribution in [3.8, 4) is 5.75 Å². The maximum atomic E-state index is 12.5. The van der Waals surface area contributed by atoms with Gasteiger partial charge in [-0.15, -0.1) is 0 Å². The Balaban J connectivity index is 1.91. The van der Waals surface area contributed by atoms with Crippen LogP contribution in [0.2, 0.25) is 0 Å². The minimum Gasteiger partial charge on any atom is -0.496 e. The third-order valence-corrected chi connectivity index (χ3v) is 4.95. The Bertz CT molecular complexity index is 1160. The molecule has 0 bridgehead atoms. The number of aryl methyl sites for hydroxylation is 3. The average molecular weight is 394 g/mol. The molecule has 0 aliphatic carbocycles. The first-order chi connectivity index (χ1) is 13.7. The lowest BCUT2D eigenvalue weighted by atomic mass is 10.0. The lowest BCUT2D eigenvalue weighted by Gasteiger charge is -2.10. The molecule has 2 aromatic carbocycles. The first-order valence-corrected chi connectivity index (χ1v) is 9.03. The predicted octanol–water partition coefficient (Wildman–Crippen LogP) is 5.32. The number of nitrogens with one attached hydrogen (secondary N) is 1. The van der Waals surface area contributed by atoms with E-state index >= 15 is 0 Å². The SMILES string of the molecule is COc1cc2oc(C)c(C)c2cc1/C(C)=C/C(=O)Nc1ccc([N+](=O)[O-])cc1C. The van der Waals surface area contributed by atoms with Gasteiger partial charge in [0.2, 0.25) is 5.91 Å². The molecule has 3 rings (SSSR count). The zero-order chi connectivity index (χ0) is 21.3. The molecule has 0 radical (unpaired) electrons. The number of hydrogen-bond acceptors (Lipinski definition) is 5. The molecule has 0 fully saturated rings. The molecule has 0 saturated carbocycles. The number of carbonyl (C=O) groups is 1. The van der Waals surface area contributed by atoms with Crippen molar-refractivity contribution in [2.24, 2.45) is 0 Å². The van der Waals surface area contributed by atoms with Gasteiger partial charge < -0.3 is 14.5 Å². The lowest BCUT2D eigenvalue weighted by molar-refractivity contribution is -0.384. The number of rotatable bonds is 5. The molecular weight excluding hydrogens is 372 g/mol. The first-order valence-electron chi connectivity index (χ1n) is 9.03. The van der Waals surface area contributed by atoms with Gasteiger partial charge in [0.15, 0.2) is 0 Å². The van der Waals surface area contributed by atoms with Crippen LogP contribution < -0.4 is 10.1 Å². The summed E-state index contributed by atoms with van der Waals surface area (Å²) in [5.41, 5.74) is 4.41. The highest BCUT2D eigenvalue weighted by atomic mass is 16.6. The van der Waals surface area contributed by atoms with Crippen molar-refractivity contribution in [3.63, 3.8) is 0 Å². The van der Waals surface area contributed by atoms with Gasteiger partial charge >= 0.3 is 0 Å². The number of fused-ring (bicyclic) bond motifs is 1. The number of anilines is 1. The molecule has 1 N–H and O–H groups in total. The Morgan fingerprint density at radius 2 is 1.93 bits per heavy atom. The summed E-state index contributed by atoms with van der Waals surface area (Å²) in [5, 5.41) is 14.6. The molecular formula is C22H22N2O5. The molecule has 1 heterocycles. The molecule has 1 amide bonds. The molecule has 0 aliphatic rings. The number of methoxy groups -OCH3 is 1. The Morgan fingerprint density at radius 3 is 2.55 bits per heavy atom. The van der Waals surface area contributed by atoms with E-state index < -0.39 is 4.92 Å². The van der Waals surface area contributed by atoms with Crippen molar-refractivity contribution >= 4 is 33.8 Å². The van der Waals surface area contributed by atoms with Crippen molar-refractivity contribution in [3.05, 3.63) is 69.0 Å². The quantitative estimate of drug-likeness (QED) is 0.359. The van der Waals surface area contributed by atoms with Crippen LogP contribution in [0.1, 0.15) is 29.4 Å². The van der Waals surface area contributed by atoms with Gasteiger partial charge in [-0.2, -0.15) is 0 Å². The predicted molar refractivity (Wildman–Crippen MR) is 112 cm³/mol. The largest absolute Gasteiger partial charge is 0.496 e. The number of furan rings is 1. The lowest BCUT2D eigenvalue weighted by Crippen LogP contribution is -2.10. The zero-order valence-electron chi connectivity index (χ0n) is 17.0. The van der Waals surface area contributed by atoms with Crippen molar-refractivity contribution in [2.45, 2.75) is 27.7 Å². The van der Waals surface area contributed by atoms with Gasteiger partial charge in [-0.25, -0.2) is 0 Å². The molecule has 0 unspecified atom stereocenters. The number of carbonyl (C=O) groups excluding carboxylic acids is 1. The molecule has 29 heavy (non-hydrogen) atoms. The van der Waals surface area contributed by atoms with Crippen LogP contribution in [0.15, 0.2) is 40.8 Å². The molecule has 0 saturated heterocycles. The van der Waals surface area contributed by atoms with Crippen molar-refractivity contribution in [2.75, 3.05) is 12.4 Å². The minimum atomic E-state index is -0.468. The Morgan fingerprint density at radius 1 is 1.21 bits per heavy atom. The fourth-order valence-electron chi connectivity index (χ4n) is 3.19. The van der Waals surface area contributed by atoms with E-state index in [1.54, 1.807) is 14.0 Å². The van der Waals surface area contributed by atoms with E-state index in [0.29, 0.717) is 17.0 Å². The number of nitro benzene ring substituents is 1. The summed E-state index contributed by atoms with van der Waals surface area (Å²) in [6.45, 7) is 7.43. The summed E-state index contributed by atoms with van der Waals surface area (Å²) >= 11 is 0. The van der Waals surface area contributed by atoms with E-state index in [2.05, 4.69) is 5.32 Å². The smallest absolute Gasteiger partial charge is 0.269 e. The molecule has 7 nitrogen and oxygen atoms in total. The van der Waals surface area contributed by atoms with Crippen LogP contribution in [0.4, 0.5) is 11.4 Å².